The number of nitrogens with zero attached hydrogens (tertiary/aromatic N) is 1. The molecule has 2 aromatic rings. The largest absolute Gasteiger partial charge is 0.274 e. The maximum absolute atomic E-state index is 13.4. The Balaban J connectivity index is 1.71. The van der Waals surface area contributed by atoms with Crippen LogP contribution in [0.15, 0.2) is 53.6 Å². The van der Waals surface area contributed by atoms with Gasteiger partial charge in [0.15, 0.2) is 0 Å². The molecule has 3 rings (SSSR count). The SMILES string of the molecule is O=C(NN=C1Cc2ccccc2C1)c1ccccc1F. The summed E-state index contributed by atoms with van der Waals surface area (Å²) in [6.07, 6.45) is 1.46. The molecule has 3 nitrogen and oxygen atoms in total. The molecule has 0 atom stereocenters. The maximum Gasteiger partial charge on any atom is 0.274 e. The van der Waals surface area contributed by atoms with Crippen molar-refractivity contribution in [2.45, 2.75) is 12.8 Å². The summed E-state index contributed by atoms with van der Waals surface area (Å²) in [6.45, 7) is 0. The van der Waals surface area contributed by atoms with Gasteiger partial charge < -0.3 is 0 Å². The molecule has 0 aliphatic heterocycles. The second-order valence-corrected chi connectivity index (χ2v) is 4.72. The van der Waals surface area contributed by atoms with Crippen molar-refractivity contribution in [3.63, 3.8) is 0 Å². The Labute approximate surface area is 116 Å². The Morgan fingerprint density at radius 2 is 1.60 bits per heavy atom. The molecule has 100 valence electrons. The van der Waals surface area contributed by atoms with Gasteiger partial charge in [0.2, 0.25) is 0 Å². The summed E-state index contributed by atoms with van der Waals surface area (Å²) in [7, 11) is 0. The summed E-state index contributed by atoms with van der Waals surface area (Å²) < 4.78 is 13.4. The number of carbonyl (C=O) groups is 1. The Kier molecular flexibility index (Phi) is 3.29. The van der Waals surface area contributed by atoms with E-state index >= 15 is 0 Å². The fourth-order valence-electron chi connectivity index (χ4n) is 2.32. The lowest BCUT2D eigenvalue weighted by atomic mass is 10.1. The van der Waals surface area contributed by atoms with Crippen LogP contribution in [-0.4, -0.2) is 11.6 Å². The minimum Gasteiger partial charge on any atom is -0.267 e. The summed E-state index contributed by atoms with van der Waals surface area (Å²) in [5.41, 5.74) is 5.77. The van der Waals surface area contributed by atoms with Gasteiger partial charge in [-0.15, -0.1) is 0 Å². The van der Waals surface area contributed by atoms with Crippen molar-refractivity contribution in [2.24, 2.45) is 5.10 Å². The monoisotopic (exact) mass is 268 g/mol. The van der Waals surface area contributed by atoms with Crippen LogP contribution in [0.1, 0.15) is 21.5 Å². The molecule has 0 heterocycles. The minimum atomic E-state index is -0.542. The fraction of sp³-hybridized carbons (Fsp3) is 0.125. The molecular formula is C16H13FN2O. The highest BCUT2D eigenvalue weighted by Gasteiger charge is 2.17. The van der Waals surface area contributed by atoms with E-state index in [1.807, 2.05) is 12.1 Å². The number of carbonyl (C=O) groups excluding carboxylic acids is 1. The third kappa shape index (κ3) is 2.45. The third-order valence-electron chi connectivity index (χ3n) is 3.34. The Morgan fingerprint density at radius 3 is 2.25 bits per heavy atom. The fourth-order valence-corrected chi connectivity index (χ4v) is 2.32. The molecule has 0 spiro atoms. The van der Waals surface area contributed by atoms with Crippen molar-refractivity contribution in [1.29, 1.82) is 0 Å². The van der Waals surface area contributed by atoms with Crippen LogP contribution >= 0.6 is 0 Å². The maximum atomic E-state index is 13.4. The van der Waals surface area contributed by atoms with Crippen molar-refractivity contribution in [3.8, 4) is 0 Å². The smallest absolute Gasteiger partial charge is 0.267 e. The van der Waals surface area contributed by atoms with Gasteiger partial charge in [0.25, 0.3) is 5.91 Å². The van der Waals surface area contributed by atoms with Crippen LogP contribution in [0, 0.1) is 5.82 Å². The molecule has 0 unspecified atom stereocenters. The van der Waals surface area contributed by atoms with E-state index in [4.69, 9.17) is 0 Å². The number of fused-ring (bicyclic) bond motifs is 1. The van der Waals surface area contributed by atoms with E-state index in [1.165, 1.54) is 23.3 Å². The molecule has 4 heteroatoms. The number of hydrazone groups is 1. The summed E-state index contributed by atoms with van der Waals surface area (Å²) in [5.74, 6) is -1.06. The van der Waals surface area contributed by atoms with Crippen molar-refractivity contribution >= 4 is 11.6 Å². The summed E-state index contributed by atoms with van der Waals surface area (Å²) in [4.78, 5) is 11.8. The third-order valence-corrected chi connectivity index (χ3v) is 3.34. The standard InChI is InChI=1S/C16H13FN2O/c17-15-8-4-3-7-14(15)16(20)19-18-13-9-11-5-1-2-6-12(11)10-13/h1-8H,9-10H2,(H,19,20). The van der Waals surface area contributed by atoms with Gasteiger partial charge in [-0.2, -0.15) is 5.10 Å². The highest BCUT2D eigenvalue weighted by Crippen LogP contribution is 2.19. The van der Waals surface area contributed by atoms with Gasteiger partial charge in [-0.25, -0.2) is 9.82 Å². The summed E-state index contributed by atoms with van der Waals surface area (Å²) in [5, 5.41) is 4.11. The molecule has 0 saturated carbocycles. The molecule has 0 radical (unpaired) electrons. The molecule has 1 aliphatic rings. The number of hydrogen-bond donors (Lipinski definition) is 1. The molecule has 0 saturated heterocycles. The average Bonchev–Trinajstić information content (AvgIpc) is 2.88. The molecule has 1 amide bonds. The highest BCUT2D eigenvalue weighted by atomic mass is 19.1. The molecule has 0 bridgehead atoms. The normalized spacial score (nSPS) is 12.9. The van der Waals surface area contributed by atoms with Crippen LogP contribution < -0.4 is 5.43 Å². The quantitative estimate of drug-likeness (QED) is 0.836. The van der Waals surface area contributed by atoms with Crippen LogP contribution in [0.5, 0.6) is 0 Å². The minimum absolute atomic E-state index is 0.00682. The molecule has 2 aromatic carbocycles. The summed E-state index contributed by atoms with van der Waals surface area (Å²) >= 11 is 0. The number of hydrogen-bond acceptors (Lipinski definition) is 2. The number of rotatable bonds is 2. The zero-order valence-corrected chi connectivity index (χ0v) is 10.8. The molecule has 20 heavy (non-hydrogen) atoms. The number of benzene rings is 2. The molecule has 0 aromatic heterocycles. The number of amides is 1. The zero-order chi connectivity index (χ0) is 13.9. The molecule has 0 fully saturated rings. The lowest BCUT2D eigenvalue weighted by molar-refractivity contribution is 0.0950. The zero-order valence-electron chi connectivity index (χ0n) is 10.8. The van der Waals surface area contributed by atoms with Gasteiger partial charge in [0, 0.05) is 18.6 Å². The predicted octanol–water partition coefficient (Wildman–Crippen LogP) is 2.71. The topological polar surface area (TPSA) is 41.5 Å². The van der Waals surface area contributed by atoms with Gasteiger partial charge in [-0.3, -0.25) is 4.79 Å². The van der Waals surface area contributed by atoms with Crippen molar-refractivity contribution in [2.75, 3.05) is 0 Å². The summed E-state index contributed by atoms with van der Waals surface area (Å²) in [6, 6.07) is 13.9. The van der Waals surface area contributed by atoms with Crippen LogP contribution in [0.3, 0.4) is 0 Å². The Bertz CT molecular complexity index is 667. The first-order chi connectivity index (χ1) is 9.74. The van der Waals surface area contributed by atoms with E-state index in [-0.39, 0.29) is 5.56 Å². The van der Waals surface area contributed by atoms with Crippen molar-refractivity contribution in [1.82, 2.24) is 5.43 Å². The van der Waals surface area contributed by atoms with Gasteiger partial charge in [-0.05, 0) is 23.3 Å². The molecule has 1 N–H and O–H groups in total. The lowest BCUT2D eigenvalue weighted by Gasteiger charge is -2.02. The van der Waals surface area contributed by atoms with Crippen LogP contribution in [0.25, 0.3) is 0 Å². The van der Waals surface area contributed by atoms with Crippen LogP contribution in [0.2, 0.25) is 0 Å². The van der Waals surface area contributed by atoms with Crippen molar-refractivity contribution in [3.05, 3.63) is 71.0 Å². The van der Waals surface area contributed by atoms with E-state index in [2.05, 4.69) is 22.7 Å². The van der Waals surface area contributed by atoms with Gasteiger partial charge in [0.05, 0.1) is 5.56 Å². The van der Waals surface area contributed by atoms with Crippen molar-refractivity contribution < 1.29 is 9.18 Å². The van der Waals surface area contributed by atoms with Gasteiger partial charge >= 0.3 is 0 Å². The second-order valence-electron chi connectivity index (χ2n) is 4.72. The first-order valence-electron chi connectivity index (χ1n) is 6.41. The van der Waals surface area contributed by atoms with Gasteiger partial charge in [0.1, 0.15) is 5.82 Å². The van der Waals surface area contributed by atoms with E-state index in [1.54, 1.807) is 12.1 Å². The Hall–Kier alpha value is -2.49. The van der Waals surface area contributed by atoms with E-state index in [0.717, 1.165) is 18.6 Å². The van der Waals surface area contributed by atoms with Gasteiger partial charge in [-0.1, -0.05) is 36.4 Å². The highest BCUT2D eigenvalue weighted by molar-refractivity contribution is 5.97. The Morgan fingerprint density at radius 1 is 1.00 bits per heavy atom. The molecule has 1 aliphatic carbocycles. The average molecular weight is 268 g/mol. The van der Waals surface area contributed by atoms with E-state index < -0.39 is 11.7 Å². The lowest BCUT2D eigenvalue weighted by Crippen LogP contribution is -2.21. The first-order valence-corrected chi connectivity index (χ1v) is 6.41. The number of halogens is 1. The van der Waals surface area contributed by atoms with E-state index in [9.17, 15) is 9.18 Å². The van der Waals surface area contributed by atoms with Crippen LogP contribution in [-0.2, 0) is 12.8 Å². The number of nitrogens with one attached hydrogen (secondary N) is 1. The second kappa shape index (κ2) is 5.25. The van der Waals surface area contributed by atoms with E-state index in [0.29, 0.717) is 0 Å². The molecular weight excluding hydrogens is 255 g/mol. The first kappa shape index (κ1) is 12.5. The van der Waals surface area contributed by atoms with Crippen LogP contribution in [0.4, 0.5) is 4.39 Å². The predicted molar refractivity (Wildman–Crippen MR) is 75.2 cm³/mol.